The molecule has 0 aromatic rings. The van der Waals surface area contributed by atoms with E-state index < -0.39 is 11.4 Å². The van der Waals surface area contributed by atoms with Crippen LogP contribution in [0.3, 0.4) is 0 Å². The van der Waals surface area contributed by atoms with Gasteiger partial charge in [0.1, 0.15) is 6.10 Å². The Labute approximate surface area is 313 Å². The number of fused-ring (bicyclic) bond motifs is 7. The topological polar surface area (TPSA) is 129 Å². The smallest absolute Gasteiger partial charge is 0.407 e. The van der Waals surface area contributed by atoms with Crippen molar-refractivity contribution in [1.82, 2.24) is 20.9 Å². The van der Waals surface area contributed by atoms with Crippen LogP contribution in [0.2, 0.25) is 0 Å². The van der Waals surface area contributed by atoms with Crippen LogP contribution < -0.4 is 16.0 Å². The van der Waals surface area contributed by atoms with Crippen molar-refractivity contribution >= 4 is 18.1 Å². The fourth-order valence-corrected chi connectivity index (χ4v) is 14.2. The van der Waals surface area contributed by atoms with Crippen LogP contribution in [0.5, 0.6) is 0 Å². The van der Waals surface area contributed by atoms with Crippen LogP contribution in [-0.4, -0.2) is 86.2 Å². The van der Waals surface area contributed by atoms with Crippen molar-refractivity contribution in [2.24, 2.45) is 62.6 Å². The lowest BCUT2D eigenvalue weighted by molar-refractivity contribution is -0.249. The maximum absolute atomic E-state index is 13.3. The summed E-state index contributed by atoms with van der Waals surface area (Å²) in [7, 11) is 0. The zero-order valence-electron chi connectivity index (χ0n) is 33.2. The fraction of sp³-hybridized carbons (Fsp3) is 0.929. The molecular formula is C42H70N4O6. The lowest BCUT2D eigenvalue weighted by Crippen LogP contribution is -2.67. The summed E-state index contributed by atoms with van der Waals surface area (Å²) in [6, 6.07) is 0.180. The number of urea groups is 1. The zero-order chi connectivity index (χ0) is 37.1. The van der Waals surface area contributed by atoms with Crippen molar-refractivity contribution in [3.63, 3.8) is 0 Å². The summed E-state index contributed by atoms with van der Waals surface area (Å²) in [4.78, 5) is 41.4. The molecule has 7 rings (SSSR count). The molecule has 1 saturated heterocycles. The third-order valence-electron chi connectivity index (χ3n) is 17.4. The third-order valence-corrected chi connectivity index (χ3v) is 17.4. The first kappa shape index (κ1) is 38.2. The highest BCUT2D eigenvalue weighted by molar-refractivity contribution is 5.76. The number of carbonyl (C=O) groups excluding carboxylic acids is 2. The van der Waals surface area contributed by atoms with Crippen LogP contribution in [-0.2, 0) is 14.3 Å². The minimum absolute atomic E-state index is 0.0583. The Kier molecular flexibility index (Phi) is 10.4. The average molecular weight is 727 g/mol. The molecule has 7 aliphatic rings. The van der Waals surface area contributed by atoms with Crippen LogP contribution in [0, 0.1) is 62.6 Å². The lowest BCUT2D eigenvalue weighted by Gasteiger charge is -2.72. The summed E-state index contributed by atoms with van der Waals surface area (Å²) in [5.74, 6) is 1.43. The number of rotatable bonds is 10. The summed E-state index contributed by atoms with van der Waals surface area (Å²) in [5, 5.41) is 20.3. The van der Waals surface area contributed by atoms with E-state index in [1.165, 1.54) is 0 Å². The number of alkyl carbamates (subject to hydrolysis) is 1. The van der Waals surface area contributed by atoms with E-state index in [-0.39, 0.29) is 57.6 Å². The first-order chi connectivity index (χ1) is 24.7. The number of hydrogen-bond acceptors (Lipinski definition) is 6. The quantitative estimate of drug-likeness (QED) is 0.177. The maximum atomic E-state index is 13.3. The molecule has 10 heteroatoms. The predicted octanol–water partition coefficient (Wildman–Crippen LogP) is 7.07. The van der Waals surface area contributed by atoms with Gasteiger partial charge in [0, 0.05) is 37.6 Å². The van der Waals surface area contributed by atoms with Crippen LogP contribution in [0.4, 0.5) is 9.59 Å². The van der Waals surface area contributed by atoms with Crippen molar-refractivity contribution in [2.75, 3.05) is 45.9 Å². The fourth-order valence-electron chi connectivity index (χ4n) is 14.2. The van der Waals surface area contributed by atoms with Crippen molar-refractivity contribution in [1.29, 1.82) is 0 Å². The number of ether oxygens (including phenoxy) is 2. The Balaban J connectivity index is 1.03. The van der Waals surface area contributed by atoms with Crippen molar-refractivity contribution in [3.8, 4) is 0 Å². The summed E-state index contributed by atoms with van der Waals surface area (Å²) < 4.78 is 11.6. The molecule has 6 aliphatic carbocycles. The van der Waals surface area contributed by atoms with Crippen molar-refractivity contribution in [3.05, 3.63) is 0 Å². The number of morpholine rings is 1. The summed E-state index contributed by atoms with van der Waals surface area (Å²) in [6.45, 7) is 20.3. The normalized spacial score (nSPS) is 43.1. The van der Waals surface area contributed by atoms with Gasteiger partial charge in [-0.15, -0.1) is 0 Å². The zero-order valence-corrected chi connectivity index (χ0v) is 33.2. The third kappa shape index (κ3) is 6.45. The molecule has 4 N–H and O–H groups in total. The number of amides is 3. The molecule has 4 unspecified atom stereocenters. The molecule has 0 bridgehead atoms. The standard InChI is InChI=1S/C42H70N4O6/c1-27(26-44-36(49)43-20-7-21-46-22-24-51-25-23-46)29-12-17-42(35(47)48)19-18-40(5)30(34(29)42)10-11-32-39(4)15-14-33(52-37(50)45-28-8-9-28)38(2,3)31(39)13-16-41(32,40)6/h27-34H,7-26H2,1-6H3,(H,45,50)(H,47,48)(H2,43,44,49)/t27-,29-,30?,31?,32?,33+,34?,39-,40+,41+,42-/m0/s1. The highest BCUT2D eigenvalue weighted by Crippen LogP contribution is 2.77. The molecule has 1 heterocycles. The van der Waals surface area contributed by atoms with Gasteiger partial charge in [0.2, 0.25) is 0 Å². The second-order valence-corrected chi connectivity index (χ2v) is 20.0. The van der Waals surface area contributed by atoms with Gasteiger partial charge >= 0.3 is 18.1 Å². The van der Waals surface area contributed by atoms with Gasteiger partial charge in [0.05, 0.1) is 18.6 Å². The largest absolute Gasteiger partial charge is 0.481 e. The molecule has 0 spiro atoms. The number of nitrogens with zero attached hydrogens (tertiary/aromatic N) is 1. The first-order valence-corrected chi connectivity index (χ1v) is 21.2. The molecule has 0 radical (unpaired) electrons. The van der Waals surface area contributed by atoms with Crippen LogP contribution in [0.25, 0.3) is 0 Å². The number of carboxylic acid groups (broad SMARTS) is 1. The molecule has 1 aliphatic heterocycles. The van der Waals surface area contributed by atoms with E-state index >= 15 is 0 Å². The number of hydrogen-bond donors (Lipinski definition) is 4. The van der Waals surface area contributed by atoms with Gasteiger partial charge in [0.25, 0.3) is 0 Å². The number of aliphatic carboxylic acids is 1. The van der Waals surface area contributed by atoms with Crippen molar-refractivity contribution < 1.29 is 29.0 Å². The summed E-state index contributed by atoms with van der Waals surface area (Å²) in [5.41, 5.74) is -0.433. The van der Waals surface area contributed by atoms with E-state index in [1.807, 2.05) is 0 Å². The second kappa shape index (κ2) is 14.2. The van der Waals surface area contributed by atoms with Gasteiger partial charge in [-0.1, -0.05) is 41.5 Å². The van der Waals surface area contributed by atoms with Crippen LogP contribution in [0.15, 0.2) is 0 Å². The minimum Gasteiger partial charge on any atom is -0.481 e. The second-order valence-electron chi connectivity index (χ2n) is 20.0. The van der Waals surface area contributed by atoms with Gasteiger partial charge in [-0.3, -0.25) is 9.69 Å². The van der Waals surface area contributed by atoms with Crippen LogP contribution in [0.1, 0.15) is 125 Å². The Bertz CT molecular complexity index is 1350. The number of carbonyl (C=O) groups is 3. The van der Waals surface area contributed by atoms with E-state index in [0.717, 1.165) is 116 Å². The molecule has 7 fully saturated rings. The van der Waals surface area contributed by atoms with E-state index in [9.17, 15) is 19.5 Å². The highest BCUT2D eigenvalue weighted by atomic mass is 16.6. The van der Waals surface area contributed by atoms with Crippen LogP contribution >= 0.6 is 0 Å². The Morgan fingerprint density at radius 1 is 0.846 bits per heavy atom. The number of carboxylic acids is 1. The summed E-state index contributed by atoms with van der Waals surface area (Å²) >= 11 is 0. The molecule has 294 valence electrons. The molecule has 3 amide bonds. The highest BCUT2D eigenvalue weighted by Gasteiger charge is 2.72. The molecule has 0 aromatic heterocycles. The Morgan fingerprint density at radius 2 is 1.60 bits per heavy atom. The van der Waals surface area contributed by atoms with E-state index in [2.05, 4.69) is 62.4 Å². The molecule has 11 atom stereocenters. The Hall–Kier alpha value is -2.07. The number of nitrogens with one attached hydrogen (secondary N) is 3. The van der Waals surface area contributed by atoms with Gasteiger partial charge < -0.3 is 30.5 Å². The maximum Gasteiger partial charge on any atom is 0.407 e. The van der Waals surface area contributed by atoms with Crippen molar-refractivity contribution in [2.45, 2.75) is 137 Å². The predicted molar refractivity (Wildman–Crippen MR) is 201 cm³/mol. The van der Waals surface area contributed by atoms with Gasteiger partial charge in [-0.05, 0) is 142 Å². The molecular weight excluding hydrogens is 656 g/mol. The van der Waals surface area contributed by atoms with E-state index in [1.54, 1.807) is 0 Å². The van der Waals surface area contributed by atoms with Gasteiger partial charge in [0.15, 0.2) is 0 Å². The first-order valence-electron chi connectivity index (χ1n) is 21.2. The van der Waals surface area contributed by atoms with Gasteiger partial charge in [-0.2, -0.15) is 0 Å². The summed E-state index contributed by atoms with van der Waals surface area (Å²) in [6.07, 6.45) is 12.6. The molecule has 10 nitrogen and oxygen atoms in total. The van der Waals surface area contributed by atoms with E-state index in [0.29, 0.717) is 36.9 Å². The van der Waals surface area contributed by atoms with E-state index in [4.69, 9.17) is 9.47 Å². The molecule has 52 heavy (non-hydrogen) atoms. The van der Waals surface area contributed by atoms with Gasteiger partial charge in [-0.25, -0.2) is 9.59 Å². The molecule has 6 saturated carbocycles. The monoisotopic (exact) mass is 727 g/mol. The SMILES string of the molecule is C[C@@H](CNC(=O)NCCCN1CCOCC1)[C@@H]1CC[C@]2(C(=O)O)CC[C@]3(C)C(CCC4[C@@]5(C)CC[C@@H](OC(=O)NC6CC6)C(C)(C)C5CC[C@]43C)C12. The Morgan fingerprint density at radius 3 is 2.31 bits per heavy atom. The molecule has 0 aromatic carbocycles. The minimum atomic E-state index is -0.659. The average Bonchev–Trinajstić information content (AvgIpc) is 3.82. The lowest BCUT2D eigenvalue weighted by atomic mass is 9.32.